The van der Waals surface area contributed by atoms with Gasteiger partial charge in [-0.1, -0.05) is 5.11 Å². The number of alkyl halides is 1. The summed E-state index contributed by atoms with van der Waals surface area (Å²) >= 11 is 0. The summed E-state index contributed by atoms with van der Waals surface area (Å²) in [4.78, 5) is 2.64. The van der Waals surface area contributed by atoms with Crippen molar-refractivity contribution in [3.63, 3.8) is 0 Å². The van der Waals surface area contributed by atoms with E-state index in [1.165, 1.54) is 0 Å². The van der Waals surface area contributed by atoms with Crippen molar-refractivity contribution in [2.24, 2.45) is 10.8 Å². The Balaban J connectivity index is 0.00000121. The summed E-state index contributed by atoms with van der Waals surface area (Å²) in [6.45, 7) is 0. The van der Waals surface area contributed by atoms with Crippen molar-refractivity contribution in [1.29, 1.82) is 0 Å². The van der Waals surface area contributed by atoms with Crippen LogP contribution < -0.4 is 5.73 Å². The maximum atomic E-state index is 12.8. The molecule has 6 heteroatoms. The molecular weight excluding hydrogens is 183 g/mol. The van der Waals surface area contributed by atoms with Crippen molar-refractivity contribution in [2.45, 2.75) is 37.5 Å². The molecule has 1 fully saturated rings. The fourth-order valence-electron chi connectivity index (χ4n) is 1.30. The molecule has 1 saturated carbocycles. The number of azide groups is 1. The number of nitrogens with zero attached hydrogens (tertiary/aromatic N) is 3. The molecule has 0 amide bonds. The van der Waals surface area contributed by atoms with E-state index in [1.54, 1.807) is 0 Å². The second-order valence-electron chi connectivity index (χ2n) is 2.85. The van der Waals surface area contributed by atoms with Gasteiger partial charge >= 0.3 is 0 Å². The van der Waals surface area contributed by atoms with Crippen LogP contribution in [0.2, 0.25) is 0 Å². The number of hydrogen-bond acceptors (Lipinski definition) is 2. The van der Waals surface area contributed by atoms with E-state index in [-0.39, 0.29) is 30.9 Å². The Morgan fingerprint density at radius 1 is 1.50 bits per heavy atom. The number of halogens is 2. The maximum absolute atomic E-state index is 12.8. The lowest BCUT2D eigenvalue weighted by atomic mass is 9.91. The normalized spacial score (nSPS) is 34.7. The lowest BCUT2D eigenvalue weighted by Crippen LogP contribution is -2.38. The average molecular weight is 195 g/mol. The minimum atomic E-state index is -1.00. The molecule has 3 atom stereocenters. The summed E-state index contributed by atoms with van der Waals surface area (Å²) in [7, 11) is 0. The second-order valence-corrected chi connectivity index (χ2v) is 2.85. The van der Waals surface area contributed by atoms with Crippen molar-refractivity contribution in [2.75, 3.05) is 0 Å². The van der Waals surface area contributed by atoms with Gasteiger partial charge in [0, 0.05) is 17.0 Å². The van der Waals surface area contributed by atoms with Crippen LogP contribution in [0.1, 0.15) is 19.3 Å². The van der Waals surface area contributed by atoms with E-state index in [1.807, 2.05) is 0 Å². The van der Waals surface area contributed by atoms with Gasteiger partial charge in [0.15, 0.2) is 0 Å². The van der Waals surface area contributed by atoms with Gasteiger partial charge < -0.3 is 5.73 Å². The van der Waals surface area contributed by atoms with Gasteiger partial charge in [-0.2, -0.15) is 0 Å². The van der Waals surface area contributed by atoms with E-state index >= 15 is 0 Å². The highest BCUT2D eigenvalue weighted by atomic mass is 35.5. The molecule has 2 N–H and O–H groups in total. The minimum Gasteiger partial charge on any atom is -0.325 e. The van der Waals surface area contributed by atoms with Gasteiger partial charge in [0.05, 0.1) is 0 Å². The van der Waals surface area contributed by atoms with Crippen molar-refractivity contribution in [3.8, 4) is 0 Å². The van der Waals surface area contributed by atoms with Gasteiger partial charge in [-0.15, -0.1) is 12.4 Å². The largest absolute Gasteiger partial charge is 0.325 e. The molecule has 0 unspecified atom stereocenters. The van der Waals surface area contributed by atoms with Crippen LogP contribution in [0.4, 0.5) is 4.39 Å². The van der Waals surface area contributed by atoms with Crippen LogP contribution >= 0.6 is 12.4 Å². The third-order valence-electron chi connectivity index (χ3n) is 2.01. The van der Waals surface area contributed by atoms with Gasteiger partial charge in [0.25, 0.3) is 0 Å². The highest BCUT2D eigenvalue weighted by Gasteiger charge is 2.26. The average Bonchev–Trinajstić information content (AvgIpc) is 1.98. The lowest BCUT2D eigenvalue weighted by molar-refractivity contribution is 0.201. The molecule has 0 saturated heterocycles. The summed E-state index contributed by atoms with van der Waals surface area (Å²) in [5.74, 6) is 0. The van der Waals surface area contributed by atoms with Gasteiger partial charge in [0.2, 0.25) is 0 Å². The lowest BCUT2D eigenvalue weighted by Gasteiger charge is -2.26. The fourth-order valence-corrected chi connectivity index (χ4v) is 1.30. The molecule has 0 spiro atoms. The Labute approximate surface area is 76.4 Å². The van der Waals surface area contributed by atoms with E-state index in [0.29, 0.717) is 12.8 Å². The second kappa shape index (κ2) is 5.19. The molecule has 0 aromatic carbocycles. The highest BCUT2D eigenvalue weighted by Crippen LogP contribution is 2.22. The summed E-state index contributed by atoms with van der Waals surface area (Å²) in [6.07, 6.45) is 0.612. The molecule has 0 aromatic rings. The van der Waals surface area contributed by atoms with E-state index in [0.717, 1.165) is 0 Å². The zero-order valence-corrected chi connectivity index (χ0v) is 7.38. The predicted molar refractivity (Wildman–Crippen MR) is 46.9 cm³/mol. The Kier molecular flexibility index (Phi) is 4.97. The maximum Gasteiger partial charge on any atom is 0.116 e. The summed E-state index contributed by atoms with van der Waals surface area (Å²) < 4.78 is 12.8. The molecule has 1 aliphatic rings. The number of rotatable bonds is 1. The van der Waals surface area contributed by atoms with Crippen molar-refractivity contribution in [3.05, 3.63) is 10.4 Å². The van der Waals surface area contributed by atoms with Gasteiger partial charge in [0.1, 0.15) is 6.17 Å². The van der Waals surface area contributed by atoms with E-state index in [4.69, 9.17) is 11.3 Å². The number of nitrogens with two attached hydrogens (primary N) is 1. The topological polar surface area (TPSA) is 74.8 Å². The van der Waals surface area contributed by atoms with Crippen LogP contribution in [0.15, 0.2) is 5.11 Å². The zero-order chi connectivity index (χ0) is 8.27. The molecule has 0 aliphatic heterocycles. The van der Waals surface area contributed by atoms with Crippen LogP contribution in [0.3, 0.4) is 0 Å². The van der Waals surface area contributed by atoms with Crippen LogP contribution in [0.25, 0.3) is 10.4 Å². The number of hydrogen-bond donors (Lipinski definition) is 1. The molecule has 0 aromatic heterocycles. The first-order valence-corrected chi connectivity index (χ1v) is 3.68. The Morgan fingerprint density at radius 3 is 2.67 bits per heavy atom. The van der Waals surface area contributed by atoms with E-state index < -0.39 is 6.17 Å². The first kappa shape index (κ1) is 11.5. The predicted octanol–water partition coefficient (Wildman–Crippen LogP) is 1.94. The molecule has 12 heavy (non-hydrogen) atoms. The summed E-state index contributed by atoms with van der Waals surface area (Å²) in [6, 6.07) is -0.546. The third kappa shape index (κ3) is 2.85. The van der Waals surface area contributed by atoms with Crippen molar-refractivity contribution in [1.82, 2.24) is 0 Å². The first-order chi connectivity index (χ1) is 5.24. The van der Waals surface area contributed by atoms with Gasteiger partial charge in [-0.3, -0.25) is 0 Å². The molecular formula is C6H12ClFN4. The molecule has 4 nitrogen and oxygen atoms in total. The smallest absolute Gasteiger partial charge is 0.116 e. The third-order valence-corrected chi connectivity index (χ3v) is 2.01. The minimum absolute atomic E-state index is 0. The zero-order valence-electron chi connectivity index (χ0n) is 6.56. The fraction of sp³-hybridized carbons (Fsp3) is 1.00. The van der Waals surface area contributed by atoms with Gasteiger partial charge in [-0.05, 0) is 24.8 Å². The van der Waals surface area contributed by atoms with Crippen LogP contribution in [0, 0.1) is 0 Å². The molecule has 1 rings (SSSR count). The van der Waals surface area contributed by atoms with E-state index in [2.05, 4.69) is 10.0 Å². The van der Waals surface area contributed by atoms with Crippen LogP contribution in [-0.2, 0) is 0 Å². The Hall–Kier alpha value is -0.510. The SMILES string of the molecule is Cl.[N-]=[N+]=N[C@@H]1CC[C@@H](N)[C@@H](F)C1. The quantitative estimate of drug-likeness (QED) is 0.387. The van der Waals surface area contributed by atoms with E-state index in [9.17, 15) is 4.39 Å². The highest BCUT2D eigenvalue weighted by molar-refractivity contribution is 5.85. The van der Waals surface area contributed by atoms with Crippen molar-refractivity contribution >= 4 is 12.4 Å². The Morgan fingerprint density at radius 2 is 2.17 bits per heavy atom. The first-order valence-electron chi connectivity index (χ1n) is 3.68. The monoisotopic (exact) mass is 194 g/mol. The summed E-state index contributed by atoms with van der Waals surface area (Å²) in [5, 5.41) is 3.45. The molecule has 70 valence electrons. The molecule has 0 heterocycles. The Bertz CT molecular complexity index is 182. The standard InChI is InChI=1S/C6H11FN4.ClH/c7-5-3-4(10-11-9)1-2-6(5)8;/h4-6H,1-3,8H2;1H/t4-,5+,6-;/m1./s1. The molecule has 1 aliphatic carbocycles. The van der Waals surface area contributed by atoms with Crippen LogP contribution in [0.5, 0.6) is 0 Å². The molecule has 0 radical (unpaired) electrons. The van der Waals surface area contributed by atoms with Crippen molar-refractivity contribution < 1.29 is 4.39 Å². The molecule has 0 bridgehead atoms. The van der Waals surface area contributed by atoms with Crippen LogP contribution in [-0.4, -0.2) is 18.3 Å². The van der Waals surface area contributed by atoms with Gasteiger partial charge in [-0.25, -0.2) is 4.39 Å². The summed E-state index contributed by atoms with van der Waals surface area (Å²) in [5.41, 5.74) is 13.5.